The quantitative estimate of drug-likeness (QED) is 0.489. The second-order valence-corrected chi connectivity index (χ2v) is 4.57. The van der Waals surface area contributed by atoms with Gasteiger partial charge in [0.05, 0.1) is 13.2 Å². The Bertz CT molecular complexity index is 455. The molecule has 2 rings (SSSR count). The maximum atomic E-state index is 13.4. The van der Waals surface area contributed by atoms with Crippen molar-refractivity contribution in [3.63, 3.8) is 0 Å². The minimum Gasteiger partial charge on any atom is -0.489 e. The van der Waals surface area contributed by atoms with E-state index in [1.54, 1.807) is 0 Å². The topological polar surface area (TPSA) is 21.7 Å². The van der Waals surface area contributed by atoms with Crippen molar-refractivity contribution < 1.29 is 78.2 Å². The van der Waals surface area contributed by atoms with Gasteiger partial charge in [0.1, 0.15) is 6.61 Å². The average Bonchev–Trinajstić information content (AvgIpc) is 2.41. The molecule has 1 aliphatic heterocycles. The summed E-state index contributed by atoms with van der Waals surface area (Å²) in [5.74, 6) is -1.13. The van der Waals surface area contributed by atoms with Crippen molar-refractivity contribution in [2.45, 2.75) is 0 Å². The molecule has 0 amide bonds. The van der Waals surface area contributed by atoms with E-state index in [0.29, 0.717) is 25.8 Å². The first-order chi connectivity index (χ1) is 9.47. The summed E-state index contributed by atoms with van der Waals surface area (Å²) in [7, 11) is 0. The summed E-state index contributed by atoms with van der Waals surface area (Å²) in [4.78, 5) is 2.05. The summed E-state index contributed by atoms with van der Waals surface area (Å²) in [5, 5.41) is 0. The zero-order valence-corrected chi connectivity index (χ0v) is 15.0. The Labute approximate surface area is 163 Å². The van der Waals surface area contributed by atoms with Crippen LogP contribution >= 0.6 is 0 Å². The van der Waals surface area contributed by atoms with Gasteiger partial charge in [-0.2, -0.15) is 0 Å². The van der Waals surface area contributed by atoms with Crippen molar-refractivity contribution in [1.29, 1.82) is 0 Å². The number of ether oxygens (including phenoxy) is 2. The van der Waals surface area contributed by atoms with E-state index in [2.05, 4.69) is 4.90 Å². The number of rotatable bonds is 5. The number of hydrogen-bond acceptors (Lipinski definition) is 3. The van der Waals surface area contributed by atoms with Crippen molar-refractivity contribution >= 4 is 12.4 Å². The van der Waals surface area contributed by atoms with Gasteiger partial charge in [0.15, 0.2) is 11.6 Å². The molecule has 0 bridgehead atoms. The van der Waals surface area contributed by atoms with Gasteiger partial charge in [-0.15, -0.1) is 5.46 Å². The Morgan fingerprint density at radius 1 is 1.19 bits per heavy atom. The summed E-state index contributed by atoms with van der Waals surface area (Å²) in [6.07, 6.45) is 0. The molecule has 9 heteroatoms. The fraction of sp³-hybridized carbons (Fsp3) is 0.500. The predicted octanol–water partition coefficient (Wildman–Crippen LogP) is -1.40. The van der Waals surface area contributed by atoms with Gasteiger partial charge in [-0.3, -0.25) is 4.90 Å². The molecule has 112 valence electrons. The van der Waals surface area contributed by atoms with Gasteiger partial charge in [0.25, 0.3) is 0 Å². The minimum atomic E-state index is -5.15. The van der Waals surface area contributed by atoms with Gasteiger partial charge in [-0.1, -0.05) is 6.07 Å². The molecular formula is C12H15BF4KNO2. The molecule has 1 heterocycles. The average molecular weight is 331 g/mol. The van der Waals surface area contributed by atoms with Crippen LogP contribution in [-0.4, -0.2) is 51.3 Å². The maximum absolute atomic E-state index is 13.4. The summed E-state index contributed by atoms with van der Waals surface area (Å²) in [6, 6.07) is 2.23. The number of nitrogens with zero attached hydrogens (tertiary/aromatic N) is 1. The second kappa shape index (κ2) is 8.85. The van der Waals surface area contributed by atoms with E-state index < -0.39 is 18.3 Å². The van der Waals surface area contributed by atoms with Crippen LogP contribution in [0.1, 0.15) is 0 Å². The van der Waals surface area contributed by atoms with Crippen molar-refractivity contribution in [2.24, 2.45) is 0 Å². The smallest absolute Gasteiger partial charge is 0.489 e. The predicted molar refractivity (Wildman–Crippen MR) is 67.9 cm³/mol. The zero-order valence-electron chi connectivity index (χ0n) is 11.8. The molecule has 3 nitrogen and oxygen atoms in total. The molecule has 1 aliphatic rings. The van der Waals surface area contributed by atoms with Crippen molar-refractivity contribution in [3.8, 4) is 5.75 Å². The van der Waals surface area contributed by atoms with E-state index >= 15 is 0 Å². The zero-order chi connectivity index (χ0) is 14.6. The number of hydrogen-bond donors (Lipinski definition) is 0. The number of halogens is 4. The van der Waals surface area contributed by atoms with Crippen LogP contribution in [0.25, 0.3) is 0 Å². The molecule has 0 N–H and O–H groups in total. The van der Waals surface area contributed by atoms with E-state index in [4.69, 9.17) is 9.47 Å². The molecule has 0 radical (unpaired) electrons. The van der Waals surface area contributed by atoms with Crippen LogP contribution in [0.15, 0.2) is 18.2 Å². The van der Waals surface area contributed by atoms with E-state index in [1.807, 2.05) is 0 Å². The summed E-state index contributed by atoms with van der Waals surface area (Å²) >= 11 is 0. The van der Waals surface area contributed by atoms with Crippen LogP contribution in [0, 0.1) is 5.82 Å². The van der Waals surface area contributed by atoms with Gasteiger partial charge >= 0.3 is 58.4 Å². The summed E-state index contributed by atoms with van der Waals surface area (Å²) in [5.41, 5.74) is -0.854. The fourth-order valence-corrected chi connectivity index (χ4v) is 1.94. The first-order valence-electron chi connectivity index (χ1n) is 6.39. The molecule has 0 unspecified atom stereocenters. The Morgan fingerprint density at radius 3 is 2.48 bits per heavy atom. The molecule has 0 spiro atoms. The monoisotopic (exact) mass is 331 g/mol. The van der Waals surface area contributed by atoms with Crippen molar-refractivity contribution in [3.05, 3.63) is 24.0 Å². The minimum absolute atomic E-state index is 0. The Hall–Kier alpha value is 0.361. The Morgan fingerprint density at radius 2 is 1.86 bits per heavy atom. The number of benzene rings is 1. The largest absolute Gasteiger partial charge is 1.00 e. The molecule has 1 aromatic carbocycles. The fourth-order valence-electron chi connectivity index (χ4n) is 1.94. The van der Waals surface area contributed by atoms with Gasteiger partial charge in [0, 0.05) is 19.6 Å². The first kappa shape index (κ1) is 19.4. The molecule has 0 aliphatic carbocycles. The van der Waals surface area contributed by atoms with Gasteiger partial charge in [0.2, 0.25) is 0 Å². The van der Waals surface area contributed by atoms with Crippen LogP contribution in [0.4, 0.5) is 17.3 Å². The molecule has 1 aromatic rings. The Kier molecular flexibility index (Phi) is 8.18. The van der Waals surface area contributed by atoms with Gasteiger partial charge in [-0.05, 0) is 12.1 Å². The van der Waals surface area contributed by atoms with Crippen LogP contribution in [0.2, 0.25) is 0 Å². The van der Waals surface area contributed by atoms with E-state index in [1.165, 1.54) is 0 Å². The SMILES string of the molecule is Fc1ccc([B-](F)(F)F)cc1OCCN1CCOCC1.[K+]. The maximum Gasteiger partial charge on any atom is 1.00 e. The molecular weight excluding hydrogens is 316 g/mol. The van der Waals surface area contributed by atoms with Crippen LogP contribution in [0.5, 0.6) is 5.75 Å². The number of morpholine rings is 1. The standard InChI is InChI=1S/C12H15BF4NO2.K/c14-11-2-1-10(13(15,16)17)9-12(11)20-8-5-18-3-6-19-7-4-18;/h1-2,9H,3-8H2;/q-1;+1. The second-order valence-electron chi connectivity index (χ2n) is 4.57. The van der Waals surface area contributed by atoms with E-state index in [9.17, 15) is 17.3 Å². The first-order valence-corrected chi connectivity index (χ1v) is 6.39. The molecule has 0 atom stereocenters. The van der Waals surface area contributed by atoms with Gasteiger partial charge in [-0.25, -0.2) is 4.39 Å². The van der Waals surface area contributed by atoms with Crippen molar-refractivity contribution in [2.75, 3.05) is 39.5 Å². The molecule has 0 saturated carbocycles. The van der Waals surface area contributed by atoms with E-state index in [-0.39, 0.29) is 63.7 Å². The van der Waals surface area contributed by atoms with Gasteiger partial charge < -0.3 is 22.4 Å². The Balaban J connectivity index is 0.00000220. The molecule has 1 saturated heterocycles. The summed E-state index contributed by atoms with van der Waals surface area (Å²) in [6.45, 7) is -1.72. The molecule has 1 fully saturated rings. The summed E-state index contributed by atoms with van der Waals surface area (Å²) < 4.78 is 61.4. The van der Waals surface area contributed by atoms with Crippen LogP contribution in [-0.2, 0) is 4.74 Å². The third kappa shape index (κ3) is 6.17. The molecule has 0 aromatic heterocycles. The van der Waals surface area contributed by atoms with E-state index in [0.717, 1.165) is 25.2 Å². The molecule has 21 heavy (non-hydrogen) atoms. The van der Waals surface area contributed by atoms with Crippen molar-refractivity contribution in [1.82, 2.24) is 4.90 Å². The van der Waals surface area contributed by atoms with Crippen LogP contribution in [0.3, 0.4) is 0 Å². The normalized spacial score (nSPS) is 16.4. The third-order valence-corrected chi connectivity index (χ3v) is 3.10. The third-order valence-electron chi connectivity index (χ3n) is 3.10. The van der Waals surface area contributed by atoms with Crippen LogP contribution < -0.4 is 61.6 Å².